The second-order valence-corrected chi connectivity index (χ2v) is 4.66. The van der Waals surface area contributed by atoms with E-state index in [0.717, 1.165) is 12.8 Å². The fourth-order valence-corrected chi connectivity index (χ4v) is 1.76. The number of hydrogen-bond acceptors (Lipinski definition) is 2. The van der Waals surface area contributed by atoms with Crippen molar-refractivity contribution in [3.8, 4) is 0 Å². The van der Waals surface area contributed by atoms with Crippen LogP contribution in [0, 0.1) is 11.7 Å². The van der Waals surface area contributed by atoms with Gasteiger partial charge >= 0.3 is 12.0 Å². The maximum Gasteiger partial charge on any atom is 0.323 e. The zero-order valence-corrected chi connectivity index (χ0v) is 10.3. The minimum atomic E-state index is -1.06. The Morgan fingerprint density at radius 2 is 2.16 bits per heavy atom. The predicted octanol–water partition coefficient (Wildman–Crippen LogP) is 2.15. The van der Waals surface area contributed by atoms with Crippen LogP contribution in [0.5, 0.6) is 0 Å². The average molecular weight is 266 g/mol. The molecule has 0 aromatic heterocycles. The van der Waals surface area contributed by atoms with E-state index >= 15 is 0 Å². The van der Waals surface area contributed by atoms with Crippen LogP contribution in [0.25, 0.3) is 0 Å². The lowest BCUT2D eigenvalue weighted by molar-refractivity contribution is -0.137. The molecule has 2 rings (SSSR count). The molecule has 0 saturated heterocycles. The number of halogens is 1. The highest BCUT2D eigenvalue weighted by molar-refractivity contribution is 5.91. The van der Waals surface area contributed by atoms with Gasteiger partial charge in [-0.15, -0.1) is 0 Å². The number of anilines is 1. The molecule has 1 aliphatic carbocycles. The standard InChI is InChI=1S/C13H15FN2O3/c14-10-2-1-3-11(6-10)15-13(19)16(8-12(17)18)7-9-4-5-9/h1-3,6,9H,4-5,7-8H2,(H,15,19)(H,17,18). The second-order valence-electron chi connectivity index (χ2n) is 4.66. The number of carbonyl (C=O) groups excluding carboxylic acids is 1. The van der Waals surface area contributed by atoms with Gasteiger partial charge in [-0.1, -0.05) is 6.07 Å². The summed E-state index contributed by atoms with van der Waals surface area (Å²) in [6.45, 7) is 0.0745. The SMILES string of the molecule is O=C(O)CN(CC1CC1)C(=O)Nc1cccc(F)c1. The number of benzene rings is 1. The monoisotopic (exact) mass is 266 g/mol. The summed E-state index contributed by atoms with van der Waals surface area (Å²) in [5, 5.41) is 11.3. The van der Waals surface area contributed by atoms with Crippen LogP contribution in [0.4, 0.5) is 14.9 Å². The Kier molecular flexibility index (Phi) is 3.99. The largest absolute Gasteiger partial charge is 0.480 e. The van der Waals surface area contributed by atoms with E-state index in [1.165, 1.54) is 23.1 Å². The lowest BCUT2D eigenvalue weighted by Crippen LogP contribution is -2.40. The number of hydrogen-bond donors (Lipinski definition) is 2. The first-order valence-electron chi connectivity index (χ1n) is 6.08. The van der Waals surface area contributed by atoms with Gasteiger partial charge in [0.2, 0.25) is 0 Å². The van der Waals surface area contributed by atoms with E-state index in [1.54, 1.807) is 6.07 Å². The number of carbonyl (C=O) groups is 2. The zero-order chi connectivity index (χ0) is 13.8. The first-order chi connectivity index (χ1) is 9.04. The van der Waals surface area contributed by atoms with Crippen molar-refractivity contribution < 1.29 is 19.1 Å². The number of aliphatic carboxylic acids is 1. The number of amides is 2. The lowest BCUT2D eigenvalue weighted by Gasteiger charge is -2.21. The Morgan fingerprint density at radius 1 is 1.42 bits per heavy atom. The highest BCUT2D eigenvalue weighted by Crippen LogP contribution is 2.29. The molecule has 2 N–H and O–H groups in total. The molecule has 0 aliphatic heterocycles. The number of carboxylic acid groups (broad SMARTS) is 1. The van der Waals surface area contributed by atoms with Crippen molar-refractivity contribution in [2.45, 2.75) is 12.8 Å². The van der Waals surface area contributed by atoms with Gasteiger partial charge in [0.15, 0.2) is 0 Å². The van der Waals surface area contributed by atoms with Crippen molar-refractivity contribution in [1.82, 2.24) is 4.90 Å². The van der Waals surface area contributed by atoms with E-state index in [1.807, 2.05) is 0 Å². The molecule has 0 bridgehead atoms. The van der Waals surface area contributed by atoms with E-state index in [2.05, 4.69) is 5.32 Å². The van der Waals surface area contributed by atoms with Gasteiger partial charge in [0.1, 0.15) is 12.4 Å². The van der Waals surface area contributed by atoms with Crippen molar-refractivity contribution in [2.24, 2.45) is 5.92 Å². The summed E-state index contributed by atoms with van der Waals surface area (Å²) >= 11 is 0. The normalized spacial score (nSPS) is 13.9. The molecule has 0 atom stereocenters. The Hall–Kier alpha value is -2.11. The van der Waals surface area contributed by atoms with Gasteiger partial charge in [-0.05, 0) is 37.0 Å². The molecule has 19 heavy (non-hydrogen) atoms. The van der Waals surface area contributed by atoms with Gasteiger partial charge in [0.25, 0.3) is 0 Å². The molecule has 1 aliphatic rings. The van der Waals surface area contributed by atoms with E-state index < -0.39 is 17.8 Å². The lowest BCUT2D eigenvalue weighted by atomic mass is 10.3. The first-order valence-corrected chi connectivity index (χ1v) is 6.08. The van der Waals surface area contributed by atoms with Crippen LogP contribution in [-0.2, 0) is 4.79 Å². The maximum atomic E-state index is 13.0. The number of nitrogens with zero attached hydrogens (tertiary/aromatic N) is 1. The summed E-state index contributed by atoms with van der Waals surface area (Å²) in [6.07, 6.45) is 2.03. The van der Waals surface area contributed by atoms with Crippen LogP contribution >= 0.6 is 0 Å². The maximum absolute atomic E-state index is 13.0. The number of nitrogens with one attached hydrogen (secondary N) is 1. The molecule has 102 valence electrons. The third-order valence-electron chi connectivity index (χ3n) is 2.86. The topological polar surface area (TPSA) is 69.6 Å². The molecule has 5 nitrogen and oxygen atoms in total. The van der Waals surface area contributed by atoms with Gasteiger partial charge < -0.3 is 15.3 Å². The quantitative estimate of drug-likeness (QED) is 0.858. The Balaban J connectivity index is 1.99. The van der Waals surface area contributed by atoms with Crippen LogP contribution in [0.3, 0.4) is 0 Å². The minimum absolute atomic E-state index is 0.316. The fraction of sp³-hybridized carbons (Fsp3) is 0.385. The van der Waals surface area contributed by atoms with Crippen LogP contribution in [0.15, 0.2) is 24.3 Å². The summed E-state index contributed by atoms with van der Waals surface area (Å²) in [5.74, 6) is -1.13. The van der Waals surface area contributed by atoms with Gasteiger partial charge in [0.05, 0.1) is 0 Å². The highest BCUT2D eigenvalue weighted by atomic mass is 19.1. The van der Waals surface area contributed by atoms with Crippen LogP contribution in [0.2, 0.25) is 0 Å². The van der Waals surface area contributed by atoms with Crippen LogP contribution < -0.4 is 5.32 Å². The minimum Gasteiger partial charge on any atom is -0.480 e. The van der Waals surface area contributed by atoms with Crippen LogP contribution in [0.1, 0.15) is 12.8 Å². The average Bonchev–Trinajstić information content (AvgIpc) is 3.11. The molecule has 1 aromatic carbocycles. The van der Waals surface area contributed by atoms with Crippen LogP contribution in [-0.4, -0.2) is 35.1 Å². The summed E-state index contributed by atoms with van der Waals surface area (Å²) in [4.78, 5) is 23.9. The molecule has 1 saturated carbocycles. The molecule has 2 amide bonds. The van der Waals surface area contributed by atoms with Gasteiger partial charge in [-0.2, -0.15) is 0 Å². The Labute approximate surface area is 110 Å². The van der Waals surface area contributed by atoms with E-state index in [0.29, 0.717) is 18.2 Å². The van der Waals surface area contributed by atoms with E-state index in [9.17, 15) is 14.0 Å². The first kappa shape index (κ1) is 13.3. The van der Waals surface area contributed by atoms with Gasteiger partial charge in [-0.3, -0.25) is 4.79 Å². The molecule has 0 radical (unpaired) electrons. The second kappa shape index (κ2) is 5.69. The van der Waals surface area contributed by atoms with Crippen molar-refractivity contribution >= 4 is 17.7 Å². The summed E-state index contributed by atoms with van der Waals surface area (Å²) in [7, 11) is 0. The molecule has 1 fully saturated rings. The summed E-state index contributed by atoms with van der Waals surface area (Å²) in [6, 6.07) is 4.98. The van der Waals surface area contributed by atoms with Crippen molar-refractivity contribution in [3.63, 3.8) is 0 Å². The number of rotatable bonds is 5. The molecule has 0 spiro atoms. The zero-order valence-electron chi connectivity index (χ0n) is 10.3. The third-order valence-corrected chi connectivity index (χ3v) is 2.86. The highest BCUT2D eigenvalue weighted by Gasteiger charge is 2.28. The van der Waals surface area contributed by atoms with E-state index in [4.69, 9.17) is 5.11 Å². The van der Waals surface area contributed by atoms with E-state index in [-0.39, 0.29) is 6.54 Å². The predicted molar refractivity (Wildman–Crippen MR) is 67.4 cm³/mol. The molecular weight excluding hydrogens is 251 g/mol. The number of carboxylic acids is 1. The number of urea groups is 1. The molecule has 0 heterocycles. The summed E-state index contributed by atoms with van der Waals surface area (Å²) < 4.78 is 13.0. The van der Waals surface area contributed by atoms with Crippen molar-refractivity contribution in [2.75, 3.05) is 18.4 Å². The van der Waals surface area contributed by atoms with Crippen molar-refractivity contribution in [3.05, 3.63) is 30.1 Å². The Bertz CT molecular complexity index is 489. The third kappa shape index (κ3) is 4.24. The molecular formula is C13H15FN2O3. The van der Waals surface area contributed by atoms with Crippen molar-refractivity contribution in [1.29, 1.82) is 0 Å². The fourth-order valence-electron chi connectivity index (χ4n) is 1.76. The molecule has 1 aromatic rings. The Morgan fingerprint density at radius 3 is 2.74 bits per heavy atom. The smallest absolute Gasteiger partial charge is 0.323 e. The molecule has 6 heteroatoms. The summed E-state index contributed by atoms with van der Waals surface area (Å²) in [5.41, 5.74) is 0.316. The molecule has 0 unspecified atom stereocenters. The van der Waals surface area contributed by atoms with Gasteiger partial charge in [0, 0.05) is 12.2 Å². The van der Waals surface area contributed by atoms with Gasteiger partial charge in [-0.25, -0.2) is 9.18 Å².